The molecule has 0 rings (SSSR count). The second-order valence-corrected chi connectivity index (χ2v) is 9.69. The van der Waals surface area contributed by atoms with Gasteiger partial charge in [0, 0.05) is 0 Å². The van der Waals surface area contributed by atoms with Crippen molar-refractivity contribution in [2.24, 2.45) is 5.92 Å². The average Bonchev–Trinajstić information content (AvgIpc) is 2.35. The van der Waals surface area contributed by atoms with Crippen molar-refractivity contribution in [1.82, 2.24) is 0 Å². The van der Waals surface area contributed by atoms with Crippen molar-refractivity contribution in [3.05, 3.63) is 0 Å². The first-order chi connectivity index (χ1) is 9.35. The minimum atomic E-state index is -5.08. The maximum Gasteiger partial charge on any atom is 0.344 e. The van der Waals surface area contributed by atoms with Crippen LogP contribution in [0.4, 0.5) is 0 Å². The summed E-state index contributed by atoms with van der Waals surface area (Å²) in [5.41, 5.74) is -1.19. The van der Waals surface area contributed by atoms with Gasteiger partial charge in [-0.25, -0.2) is 0 Å². The third-order valence-corrected chi connectivity index (χ3v) is 9.56. The molecule has 0 heterocycles. The highest BCUT2D eigenvalue weighted by Crippen LogP contribution is 2.74. The topological polar surface area (TPSA) is 135 Å². The Hall–Kier alpha value is 0.260. The molecule has 5 N–H and O–H groups in total. The van der Waals surface area contributed by atoms with Gasteiger partial charge in [0.1, 0.15) is 0 Å². The van der Waals surface area contributed by atoms with E-state index in [-0.39, 0.29) is 19.3 Å². The Bertz CT molecular complexity index is 399. The molecule has 0 radical (unpaired) electrons. The largest absolute Gasteiger partial charge is 0.390 e. The van der Waals surface area contributed by atoms with Crippen LogP contribution < -0.4 is 0 Å². The van der Waals surface area contributed by atoms with Gasteiger partial charge >= 0.3 is 15.2 Å². The molecule has 0 aliphatic carbocycles. The SMILES string of the molecule is CCC(CC(O)(CC)CC)C(CC)(P(=O)(O)O)P(=O)(O)O. The first-order valence-corrected chi connectivity index (χ1v) is 10.4. The Kier molecular flexibility index (Phi) is 7.31. The molecular weight excluding hydrogens is 318 g/mol. The van der Waals surface area contributed by atoms with E-state index in [0.717, 1.165) is 0 Å². The molecule has 21 heavy (non-hydrogen) atoms. The highest BCUT2D eigenvalue weighted by molar-refractivity contribution is 7.72. The third kappa shape index (κ3) is 4.17. The van der Waals surface area contributed by atoms with E-state index >= 15 is 0 Å². The van der Waals surface area contributed by atoms with Crippen molar-refractivity contribution < 1.29 is 33.8 Å². The van der Waals surface area contributed by atoms with Crippen LogP contribution in [-0.2, 0) is 9.13 Å². The summed E-state index contributed by atoms with van der Waals surface area (Å²) < 4.78 is 23.8. The molecule has 1 unspecified atom stereocenters. The number of aliphatic hydroxyl groups is 1. The van der Waals surface area contributed by atoms with Crippen LogP contribution in [0.5, 0.6) is 0 Å². The minimum Gasteiger partial charge on any atom is -0.390 e. The van der Waals surface area contributed by atoms with E-state index in [9.17, 15) is 33.8 Å². The molecule has 0 saturated carbocycles. The molecule has 0 bridgehead atoms. The van der Waals surface area contributed by atoms with Crippen molar-refractivity contribution in [2.45, 2.75) is 70.3 Å². The van der Waals surface area contributed by atoms with Crippen LogP contribution in [0.15, 0.2) is 0 Å². The Morgan fingerprint density at radius 1 is 0.857 bits per heavy atom. The lowest BCUT2D eigenvalue weighted by molar-refractivity contribution is 0.00251. The highest BCUT2D eigenvalue weighted by Gasteiger charge is 2.63. The van der Waals surface area contributed by atoms with Gasteiger partial charge in [-0.1, -0.05) is 34.1 Å². The third-order valence-electron chi connectivity index (χ3n) is 4.62. The summed E-state index contributed by atoms with van der Waals surface area (Å²) in [6.07, 6.45) is 0.445. The Labute approximate surface area is 126 Å². The molecule has 128 valence electrons. The second-order valence-electron chi connectivity index (χ2n) is 5.56. The second kappa shape index (κ2) is 7.22. The molecule has 7 nitrogen and oxygen atoms in total. The summed E-state index contributed by atoms with van der Waals surface area (Å²) in [7, 11) is -10.2. The van der Waals surface area contributed by atoms with Crippen LogP contribution in [0.2, 0.25) is 0 Å². The van der Waals surface area contributed by atoms with Crippen molar-refractivity contribution in [3.63, 3.8) is 0 Å². The van der Waals surface area contributed by atoms with E-state index in [1.807, 2.05) is 0 Å². The molecule has 1 atom stereocenters. The van der Waals surface area contributed by atoms with Crippen LogP contribution in [0.1, 0.15) is 59.8 Å². The lowest BCUT2D eigenvalue weighted by Crippen LogP contribution is -2.42. The van der Waals surface area contributed by atoms with E-state index in [0.29, 0.717) is 12.8 Å². The molecule has 0 aliphatic heterocycles. The maximum atomic E-state index is 11.9. The minimum absolute atomic E-state index is 0.0550. The van der Waals surface area contributed by atoms with Crippen LogP contribution in [0, 0.1) is 5.92 Å². The molecule has 0 amide bonds. The zero-order valence-electron chi connectivity index (χ0n) is 13.1. The van der Waals surface area contributed by atoms with Crippen LogP contribution >= 0.6 is 15.2 Å². The zero-order chi connectivity index (χ0) is 17.1. The Morgan fingerprint density at radius 3 is 1.43 bits per heavy atom. The quantitative estimate of drug-likeness (QED) is 0.405. The first kappa shape index (κ1) is 21.3. The van der Waals surface area contributed by atoms with E-state index in [2.05, 4.69) is 0 Å². The molecule has 0 aromatic carbocycles. The molecule has 0 aromatic rings. The lowest BCUT2D eigenvalue weighted by atomic mass is 9.82. The molecule has 0 fully saturated rings. The fourth-order valence-electron chi connectivity index (χ4n) is 2.98. The highest BCUT2D eigenvalue weighted by atomic mass is 31.2. The van der Waals surface area contributed by atoms with Gasteiger partial charge in [-0.15, -0.1) is 0 Å². The van der Waals surface area contributed by atoms with Crippen LogP contribution in [0.25, 0.3) is 0 Å². The van der Waals surface area contributed by atoms with Crippen molar-refractivity contribution in [2.75, 3.05) is 0 Å². The van der Waals surface area contributed by atoms with Gasteiger partial charge in [0.2, 0.25) is 0 Å². The summed E-state index contributed by atoms with van der Waals surface area (Å²) in [5.74, 6) is -0.978. The number of hydrogen-bond acceptors (Lipinski definition) is 3. The summed E-state index contributed by atoms with van der Waals surface area (Å²) in [6, 6.07) is 0. The predicted molar refractivity (Wildman–Crippen MR) is 81.0 cm³/mol. The molecular formula is C12H28O7P2. The lowest BCUT2D eigenvalue weighted by Gasteiger charge is -2.43. The monoisotopic (exact) mass is 346 g/mol. The van der Waals surface area contributed by atoms with E-state index in [1.165, 1.54) is 6.92 Å². The summed E-state index contributed by atoms with van der Waals surface area (Å²) in [4.78, 5) is 36.1. The standard InChI is InChI=1S/C12H28O7P2/c1-5-10(9-11(13,6-2)7-3)12(8-4,20(14,15)16)21(17,18)19/h10,13H,5-9H2,1-4H3,(H2,14,15,16)(H2,17,18,19). The van der Waals surface area contributed by atoms with Gasteiger partial charge < -0.3 is 24.7 Å². The van der Waals surface area contributed by atoms with Crippen molar-refractivity contribution >= 4 is 15.2 Å². The fraction of sp³-hybridized carbons (Fsp3) is 1.00. The van der Waals surface area contributed by atoms with Gasteiger partial charge in [0.05, 0.1) is 5.60 Å². The maximum absolute atomic E-state index is 11.9. The van der Waals surface area contributed by atoms with Gasteiger partial charge in [0.25, 0.3) is 0 Å². The molecule has 0 spiro atoms. The van der Waals surface area contributed by atoms with E-state index < -0.39 is 31.6 Å². The normalized spacial score (nSPS) is 16.0. The summed E-state index contributed by atoms with van der Waals surface area (Å²) in [5, 5.41) is 10.4. The Balaban J connectivity index is 6.03. The smallest absolute Gasteiger partial charge is 0.344 e. The first-order valence-electron chi connectivity index (χ1n) is 7.18. The number of rotatable bonds is 9. The summed E-state index contributed by atoms with van der Waals surface area (Å²) >= 11 is 0. The molecule has 9 heteroatoms. The van der Waals surface area contributed by atoms with Gasteiger partial charge in [-0.3, -0.25) is 9.13 Å². The van der Waals surface area contributed by atoms with E-state index in [1.54, 1.807) is 20.8 Å². The van der Waals surface area contributed by atoms with Crippen LogP contribution in [-0.4, -0.2) is 35.2 Å². The van der Waals surface area contributed by atoms with Crippen molar-refractivity contribution in [3.8, 4) is 0 Å². The van der Waals surface area contributed by atoms with Gasteiger partial charge in [-0.2, -0.15) is 0 Å². The van der Waals surface area contributed by atoms with Gasteiger partial charge in [0.15, 0.2) is 4.90 Å². The predicted octanol–water partition coefficient (Wildman–Crippen LogP) is 2.42. The number of hydrogen-bond donors (Lipinski definition) is 5. The van der Waals surface area contributed by atoms with E-state index in [4.69, 9.17) is 0 Å². The Morgan fingerprint density at radius 2 is 1.24 bits per heavy atom. The van der Waals surface area contributed by atoms with Crippen LogP contribution in [0.3, 0.4) is 0 Å². The molecule has 0 saturated heterocycles. The van der Waals surface area contributed by atoms with Gasteiger partial charge in [-0.05, 0) is 31.6 Å². The summed E-state index contributed by atoms with van der Waals surface area (Å²) in [6.45, 7) is 6.45. The molecule has 0 aromatic heterocycles. The zero-order valence-corrected chi connectivity index (χ0v) is 14.8. The fourth-order valence-corrected chi connectivity index (χ4v) is 6.66. The molecule has 0 aliphatic rings. The van der Waals surface area contributed by atoms with Crippen molar-refractivity contribution in [1.29, 1.82) is 0 Å². The average molecular weight is 346 g/mol.